The molecule has 0 aromatic heterocycles. The van der Waals surface area contributed by atoms with Crippen molar-refractivity contribution in [2.45, 2.75) is 18.2 Å². The van der Waals surface area contributed by atoms with Crippen molar-refractivity contribution in [2.75, 3.05) is 19.0 Å². The van der Waals surface area contributed by atoms with Gasteiger partial charge in [0.05, 0.1) is 10.6 Å². The van der Waals surface area contributed by atoms with Gasteiger partial charge >= 0.3 is 0 Å². The minimum atomic E-state index is -3.16. The van der Waals surface area contributed by atoms with Crippen LogP contribution in [0.1, 0.15) is 13.3 Å². The van der Waals surface area contributed by atoms with Crippen LogP contribution < -0.4 is 0 Å². The summed E-state index contributed by atoms with van der Waals surface area (Å²) in [4.78, 5) is 0.368. The first-order valence-electron chi connectivity index (χ1n) is 5.12. The van der Waals surface area contributed by atoms with Crippen molar-refractivity contribution < 1.29 is 13.2 Å². The Bertz CT molecular complexity index is 411. The zero-order chi connectivity index (χ0) is 12.0. The van der Waals surface area contributed by atoms with Gasteiger partial charge in [-0.3, -0.25) is 0 Å². The van der Waals surface area contributed by atoms with Gasteiger partial charge in [0, 0.05) is 17.7 Å². The van der Waals surface area contributed by atoms with Crippen LogP contribution in [0.15, 0.2) is 33.6 Å². The van der Waals surface area contributed by atoms with E-state index in [1.807, 2.05) is 6.92 Å². The second-order valence-electron chi connectivity index (χ2n) is 3.32. The molecule has 1 aromatic rings. The first kappa shape index (κ1) is 13.7. The first-order valence-corrected chi connectivity index (χ1v) is 7.57. The van der Waals surface area contributed by atoms with Crippen molar-refractivity contribution in [1.82, 2.24) is 0 Å². The molecule has 0 spiro atoms. The molecular weight excluding hydrogens is 292 g/mol. The van der Waals surface area contributed by atoms with E-state index in [2.05, 4.69) is 15.9 Å². The highest BCUT2D eigenvalue weighted by molar-refractivity contribution is 9.10. The van der Waals surface area contributed by atoms with E-state index in [1.54, 1.807) is 24.3 Å². The van der Waals surface area contributed by atoms with E-state index in [0.717, 1.165) is 4.47 Å². The lowest BCUT2D eigenvalue weighted by molar-refractivity contribution is 0.148. The number of benzene rings is 1. The largest absolute Gasteiger partial charge is 0.382 e. The molecule has 0 unspecified atom stereocenters. The first-order chi connectivity index (χ1) is 7.56. The molecule has 0 radical (unpaired) electrons. The zero-order valence-corrected chi connectivity index (χ0v) is 11.6. The fraction of sp³-hybridized carbons (Fsp3) is 0.455. The number of halogens is 1. The van der Waals surface area contributed by atoms with Gasteiger partial charge in [-0.1, -0.05) is 15.9 Å². The van der Waals surface area contributed by atoms with Gasteiger partial charge in [-0.2, -0.15) is 0 Å². The lowest BCUT2D eigenvalue weighted by Gasteiger charge is -2.04. The van der Waals surface area contributed by atoms with Crippen LogP contribution in [-0.4, -0.2) is 27.4 Å². The monoisotopic (exact) mass is 306 g/mol. The summed E-state index contributed by atoms with van der Waals surface area (Å²) in [6.07, 6.45) is 0.534. The van der Waals surface area contributed by atoms with Gasteiger partial charge < -0.3 is 4.74 Å². The molecule has 0 fully saturated rings. The van der Waals surface area contributed by atoms with Gasteiger partial charge in [-0.05, 0) is 37.6 Å². The van der Waals surface area contributed by atoms with Gasteiger partial charge in [0.25, 0.3) is 0 Å². The maximum atomic E-state index is 11.8. The summed E-state index contributed by atoms with van der Waals surface area (Å²) < 4.78 is 29.7. The van der Waals surface area contributed by atoms with Crippen LogP contribution in [-0.2, 0) is 14.6 Å². The van der Waals surface area contributed by atoms with E-state index >= 15 is 0 Å². The molecule has 0 saturated heterocycles. The standard InChI is InChI=1S/C11H15BrO3S/c1-2-15-8-3-9-16(13,14)11-6-4-10(12)5-7-11/h4-7H,2-3,8-9H2,1H3. The molecule has 1 rings (SSSR count). The molecule has 0 heterocycles. The number of ether oxygens (including phenoxy) is 1. The molecule has 90 valence electrons. The summed E-state index contributed by atoms with van der Waals surface area (Å²) in [6.45, 7) is 3.01. The summed E-state index contributed by atoms with van der Waals surface area (Å²) in [5, 5.41) is 0. The lowest BCUT2D eigenvalue weighted by Crippen LogP contribution is -2.09. The molecule has 0 atom stereocenters. The molecule has 3 nitrogen and oxygen atoms in total. The Labute approximate surface area is 105 Å². The topological polar surface area (TPSA) is 43.4 Å². The van der Waals surface area contributed by atoms with Crippen LogP contribution in [0.4, 0.5) is 0 Å². The van der Waals surface area contributed by atoms with Gasteiger partial charge in [0.2, 0.25) is 0 Å². The Morgan fingerprint density at radius 1 is 1.25 bits per heavy atom. The third-order valence-corrected chi connectivity index (χ3v) is 4.42. The Balaban J connectivity index is 2.60. The Hall–Kier alpha value is -0.390. The average molecular weight is 307 g/mol. The van der Waals surface area contributed by atoms with E-state index in [9.17, 15) is 8.42 Å². The van der Waals surface area contributed by atoms with Crippen LogP contribution in [0.25, 0.3) is 0 Å². The summed E-state index contributed by atoms with van der Waals surface area (Å²) in [5.41, 5.74) is 0. The lowest BCUT2D eigenvalue weighted by atomic mass is 10.4. The molecule has 0 aliphatic carbocycles. The maximum absolute atomic E-state index is 11.8. The highest BCUT2D eigenvalue weighted by Gasteiger charge is 2.13. The molecule has 16 heavy (non-hydrogen) atoms. The molecule has 0 saturated carbocycles. The third-order valence-electron chi connectivity index (χ3n) is 2.08. The molecule has 0 bridgehead atoms. The van der Waals surface area contributed by atoms with E-state index in [-0.39, 0.29) is 5.75 Å². The summed E-state index contributed by atoms with van der Waals surface area (Å²) in [5.74, 6) is 0.134. The molecule has 5 heteroatoms. The maximum Gasteiger partial charge on any atom is 0.178 e. The number of hydrogen-bond acceptors (Lipinski definition) is 3. The van der Waals surface area contributed by atoms with E-state index in [4.69, 9.17) is 4.74 Å². The number of sulfone groups is 1. The SMILES string of the molecule is CCOCCCS(=O)(=O)c1ccc(Br)cc1. The normalized spacial score (nSPS) is 11.6. The number of rotatable bonds is 6. The second kappa shape index (κ2) is 6.37. The van der Waals surface area contributed by atoms with Crippen LogP contribution in [0.3, 0.4) is 0 Å². The van der Waals surface area contributed by atoms with Crippen molar-refractivity contribution in [1.29, 1.82) is 0 Å². The van der Waals surface area contributed by atoms with Crippen molar-refractivity contribution >= 4 is 25.8 Å². The van der Waals surface area contributed by atoms with Gasteiger partial charge in [-0.25, -0.2) is 8.42 Å². The zero-order valence-electron chi connectivity index (χ0n) is 9.15. The Morgan fingerprint density at radius 3 is 2.44 bits per heavy atom. The fourth-order valence-electron chi connectivity index (χ4n) is 1.26. The van der Waals surface area contributed by atoms with Crippen LogP contribution >= 0.6 is 15.9 Å². The molecule has 0 aliphatic rings. The minimum Gasteiger partial charge on any atom is -0.382 e. The van der Waals surface area contributed by atoms with Crippen molar-refractivity contribution in [3.05, 3.63) is 28.7 Å². The van der Waals surface area contributed by atoms with E-state index in [1.165, 1.54) is 0 Å². The van der Waals surface area contributed by atoms with E-state index < -0.39 is 9.84 Å². The molecular formula is C11H15BrO3S. The fourth-order valence-corrected chi connectivity index (χ4v) is 2.80. The van der Waals surface area contributed by atoms with Crippen molar-refractivity contribution in [2.24, 2.45) is 0 Å². The molecule has 0 amide bonds. The Kier molecular flexibility index (Phi) is 5.44. The molecule has 1 aromatic carbocycles. The highest BCUT2D eigenvalue weighted by Crippen LogP contribution is 2.16. The predicted molar refractivity (Wildman–Crippen MR) is 67.3 cm³/mol. The minimum absolute atomic E-state index is 0.134. The molecule has 0 aliphatic heterocycles. The van der Waals surface area contributed by atoms with Crippen molar-refractivity contribution in [3.8, 4) is 0 Å². The highest BCUT2D eigenvalue weighted by atomic mass is 79.9. The summed E-state index contributed by atoms with van der Waals surface area (Å²) >= 11 is 3.27. The summed E-state index contributed by atoms with van der Waals surface area (Å²) in [6, 6.07) is 6.69. The number of hydrogen-bond donors (Lipinski definition) is 0. The average Bonchev–Trinajstić information content (AvgIpc) is 2.25. The predicted octanol–water partition coefficient (Wildman–Crippen LogP) is 2.65. The molecule has 0 N–H and O–H groups in total. The third kappa shape index (κ3) is 4.23. The quantitative estimate of drug-likeness (QED) is 0.759. The van der Waals surface area contributed by atoms with Gasteiger partial charge in [0.1, 0.15) is 0 Å². The second-order valence-corrected chi connectivity index (χ2v) is 6.35. The van der Waals surface area contributed by atoms with Gasteiger partial charge in [-0.15, -0.1) is 0 Å². The summed E-state index contributed by atoms with van der Waals surface area (Å²) in [7, 11) is -3.16. The van der Waals surface area contributed by atoms with Crippen LogP contribution in [0, 0.1) is 0 Å². The van der Waals surface area contributed by atoms with Gasteiger partial charge in [0.15, 0.2) is 9.84 Å². The smallest absolute Gasteiger partial charge is 0.178 e. The van der Waals surface area contributed by atoms with Crippen LogP contribution in [0.2, 0.25) is 0 Å². The van der Waals surface area contributed by atoms with Crippen LogP contribution in [0.5, 0.6) is 0 Å². The Morgan fingerprint density at radius 2 is 1.88 bits per heavy atom. The van der Waals surface area contributed by atoms with Crippen molar-refractivity contribution in [3.63, 3.8) is 0 Å². The van der Waals surface area contributed by atoms with E-state index in [0.29, 0.717) is 24.5 Å².